The van der Waals surface area contributed by atoms with Gasteiger partial charge in [0.05, 0.1) is 11.6 Å². The molecule has 104 valence electrons. The van der Waals surface area contributed by atoms with Crippen molar-refractivity contribution < 1.29 is 4.79 Å². The molecule has 0 aliphatic rings. The molecule has 0 spiro atoms. The predicted octanol–water partition coefficient (Wildman–Crippen LogP) is 4.85. The van der Waals surface area contributed by atoms with Gasteiger partial charge in [-0.1, -0.05) is 29.8 Å². The van der Waals surface area contributed by atoms with E-state index < -0.39 is 0 Å². The third kappa shape index (κ3) is 3.82. The molecule has 0 saturated carbocycles. The van der Waals surface area contributed by atoms with Gasteiger partial charge < -0.3 is 5.32 Å². The second-order valence-corrected chi connectivity index (χ2v) is 6.83. The van der Waals surface area contributed by atoms with E-state index in [1.54, 1.807) is 0 Å². The first kappa shape index (κ1) is 15.5. The summed E-state index contributed by atoms with van der Waals surface area (Å²) in [5.74, 6) is -0.0662. The molecule has 0 radical (unpaired) electrons. The number of amides is 1. The lowest BCUT2D eigenvalue weighted by Crippen LogP contribution is -2.27. The highest BCUT2D eigenvalue weighted by Crippen LogP contribution is 2.21. The number of aryl methyl sites for hydroxylation is 1. The Balaban J connectivity index is 2.15. The highest BCUT2D eigenvalue weighted by molar-refractivity contribution is 14.1. The van der Waals surface area contributed by atoms with E-state index in [9.17, 15) is 4.79 Å². The van der Waals surface area contributed by atoms with Crippen LogP contribution in [-0.4, -0.2) is 5.91 Å². The monoisotopic (exact) mass is 443 g/mol. The SMILES string of the molecule is Cc1ccc(C(C)NC(=O)c2cc(I)ccc2Br)cc1. The van der Waals surface area contributed by atoms with Gasteiger partial charge in [0.15, 0.2) is 0 Å². The Kier molecular flexibility index (Phi) is 5.21. The molecule has 1 amide bonds. The lowest BCUT2D eigenvalue weighted by molar-refractivity contribution is 0.0939. The van der Waals surface area contributed by atoms with Crippen molar-refractivity contribution in [3.63, 3.8) is 0 Å². The summed E-state index contributed by atoms with van der Waals surface area (Å²) in [6.45, 7) is 4.04. The van der Waals surface area contributed by atoms with Crippen LogP contribution >= 0.6 is 38.5 Å². The average molecular weight is 444 g/mol. The van der Waals surface area contributed by atoms with Crippen LogP contribution in [0, 0.1) is 10.5 Å². The Morgan fingerprint density at radius 1 is 1.20 bits per heavy atom. The van der Waals surface area contributed by atoms with Crippen molar-refractivity contribution in [2.45, 2.75) is 19.9 Å². The summed E-state index contributed by atoms with van der Waals surface area (Å²) in [5, 5.41) is 3.03. The molecule has 0 aliphatic carbocycles. The Morgan fingerprint density at radius 2 is 1.85 bits per heavy atom. The molecular formula is C16H15BrINO. The van der Waals surface area contributed by atoms with Crippen LogP contribution in [0.4, 0.5) is 0 Å². The fourth-order valence-electron chi connectivity index (χ4n) is 1.88. The molecule has 0 aromatic heterocycles. The Morgan fingerprint density at radius 3 is 2.50 bits per heavy atom. The van der Waals surface area contributed by atoms with Crippen molar-refractivity contribution in [1.82, 2.24) is 5.32 Å². The van der Waals surface area contributed by atoms with E-state index in [1.165, 1.54) is 5.56 Å². The Bertz CT molecular complexity index is 625. The zero-order chi connectivity index (χ0) is 14.7. The number of carbonyl (C=O) groups excluding carboxylic acids is 1. The van der Waals surface area contributed by atoms with Crippen molar-refractivity contribution in [3.05, 3.63) is 67.2 Å². The van der Waals surface area contributed by atoms with Crippen molar-refractivity contribution >= 4 is 44.4 Å². The van der Waals surface area contributed by atoms with Crippen molar-refractivity contribution in [2.24, 2.45) is 0 Å². The molecule has 0 bridgehead atoms. The molecule has 0 aliphatic heterocycles. The quantitative estimate of drug-likeness (QED) is 0.674. The van der Waals surface area contributed by atoms with E-state index in [-0.39, 0.29) is 11.9 Å². The van der Waals surface area contributed by atoms with Crippen LogP contribution in [0.5, 0.6) is 0 Å². The summed E-state index contributed by atoms with van der Waals surface area (Å²) in [6, 6.07) is 13.9. The number of hydrogen-bond acceptors (Lipinski definition) is 1. The highest BCUT2D eigenvalue weighted by Gasteiger charge is 2.14. The van der Waals surface area contributed by atoms with Gasteiger partial charge in [-0.15, -0.1) is 0 Å². The summed E-state index contributed by atoms with van der Waals surface area (Å²) >= 11 is 5.63. The molecule has 2 rings (SSSR count). The van der Waals surface area contributed by atoms with E-state index in [0.29, 0.717) is 5.56 Å². The highest BCUT2D eigenvalue weighted by atomic mass is 127. The fourth-order valence-corrected chi connectivity index (χ4v) is 2.80. The minimum atomic E-state index is -0.0662. The normalized spacial score (nSPS) is 12.0. The number of benzene rings is 2. The van der Waals surface area contributed by atoms with Gasteiger partial charge in [-0.25, -0.2) is 0 Å². The molecule has 0 heterocycles. The molecule has 1 unspecified atom stereocenters. The van der Waals surface area contributed by atoms with Gasteiger partial charge in [-0.3, -0.25) is 4.79 Å². The van der Waals surface area contributed by atoms with E-state index in [0.717, 1.165) is 13.6 Å². The zero-order valence-electron chi connectivity index (χ0n) is 11.3. The molecule has 2 nitrogen and oxygen atoms in total. The first-order valence-corrected chi connectivity index (χ1v) is 8.17. The number of halogens is 2. The van der Waals surface area contributed by atoms with Crippen molar-refractivity contribution in [2.75, 3.05) is 0 Å². The molecular weight excluding hydrogens is 429 g/mol. The van der Waals surface area contributed by atoms with Gasteiger partial charge in [0, 0.05) is 8.04 Å². The Hall–Kier alpha value is -0.880. The zero-order valence-corrected chi connectivity index (χ0v) is 15.0. The molecule has 4 heteroatoms. The third-order valence-corrected chi connectivity index (χ3v) is 4.46. The minimum Gasteiger partial charge on any atom is -0.345 e. The van der Waals surface area contributed by atoms with Crippen LogP contribution in [0.15, 0.2) is 46.9 Å². The predicted molar refractivity (Wildman–Crippen MR) is 93.9 cm³/mol. The second-order valence-electron chi connectivity index (χ2n) is 4.73. The largest absolute Gasteiger partial charge is 0.345 e. The van der Waals surface area contributed by atoms with E-state index >= 15 is 0 Å². The smallest absolute Gasteiger partial charge is 0.252 e. The molecule has 1 atom stereocenters. The van der Waals surface area contributed by atoms with Crippen LogP contribution in [0.2, 0.25) is 0 Å². The standard InChI is InChI=1S/C16H15BrINO/c1-10-3-5-12(6-4-10)11(2)19-16(20)14-9-13(18)7-8-15(14)17/h3-9,11H,1-2H3,(H,19,20). The van der Waals surface area contributed by atoms with Gasteiger partial charge in [0.2, 0.25) is 0 Å². The van der Waals surface area contributed by atoms with Gasteiger partial charge in [0.25, 0.3) is 5.91 Å². The maximum absolute atomic E-state index is 12.3. The first-order valence-electron chi connectivity index (χ1n) is 6.30. The lowest BCUT2D eigenvalue weighted by atomic mass is 10.1. The number of rotatable bonds is 3. The van der Waals surface area contributed by atoms with Crippen LogP contribution in [-0.2, 0) is 0 Å². The molecule has 2 aromatic carbocycles. The molecule has 1 N–H and O–H groups in total. The van der Waals surface area contributed by atoms with Crippen LogP contribution in [0.1, 0.15) is 34.5 Å². The maximum atomic E-state index is 12.3. The van der Waals surface area contributed by atoms with Crippen LogP contribution in [0.25, 0.3) is 0 Å². The first-order chi connectivity index (χ1) is 9.47. The van der Waals surface area contributed by atoms with E-state index in [2.05, 4.69) is 62.9 Å². The van der Waals surface area contributed by atoms with Crippen molar-refractivity contribution in [3.8, 4) is 0 Å². The summed E-state index contributed by atoms with van der Waals surface area (Å²) in [7, 11) is 0. The number of carbonyl (C=O) groups is 1. The molecule has 20 heavy (non-hydrogen) atoms. The lowest BCUT2D eigenvalue weighted by Gasteiger charge is -2.15. The van der Waals surface area contributed by atoms with E-state index in [4.69, 9.17) is 0 Å². The molecule has 0 saturated heterocycles. The summed E-state index contributed by atoms with van der Waals surface area (Å²) < 4.78 is 1.85. The fraction of sp³-hybridized carbons (Fsp3) is 0.188. The number of hydrogen-bond donors (Lipinski definition) is 1. The molecule has 0 fully saturated rings. The van der Waals surface area contributed by atoms with Crippen molar-refractivity contribution in [1.29, 1.82) is 0 Å². The minimum absolute atomic E-state index is 0.0205. The van der Waals surface area contributed by atoms with Gasteiger partial charge in [-0.05, 0) is 76.1 Å². The van der Waals surface area contributed by atoms with E-state index in [1.807, 2.05) is 37.3 Å². The second kappa shape index (κ2) is 6.72. The van der Waals surface area contributed by atoms with Crippen LogP contribution in [0.3, 0.4) is 0 Å². The van der Waals surface area contributed by atoms with Gasteiger partial charge in [-0.2, -0.15) is 0 Å². The van der Waals surface area contributed by atoms with Gasteiger partial charge in [0.1, 0.15) is 0 Å². The third-order valence-electron chi connectivity index (χ3n) is 3.10. The average Bonchev–Trinajstić information content (AvgIpc) is 2.42. The maximum Gasteiger partial charge on any atom is 0.252 e. The number of nitrogens with one attached hydrogen (secondary N) is 1. The Labute approximate surface area is 141 Å². The summed E-state index contributed by atoms with van der Waals surface area (Å²) in [6.07, 6.45) is 0. The summed E-state index contributed by atoms with van der Waals surface area (Å²) in [5.41, 5.74) is 2.98. The molecule has 2 aromatic rings. The van der Waals surface area contributed by atoms with Gasteiger partial charge >= 0.3 is 0 Å². The topological polar surface area (TPSA) is 29.1 Å². The van der Waals surface area contributed by atoms with Crippen LogP contribution < -0.4 is 5.32 Å². The summed E-state index contributed by atoms with van der Waals surface area (Å²) in [4.78, 5) is 12.3.